The Bertz CT molecular complexity index is 465. The van der Waals surface area contributed by atoms with E-state index in [2.05, 4.69) is 27.7 Å². The van der Waals surface area contributed by atoms with E-state index in [1.54, 1.807) is 11.3 Å². The van der Waals surface area contributed by atoms with Gasteiger partial charge in [0.2, 0.25) is 5.91 Å². The molecular formula is C17H26N2OS. The lowest BCUT2D eigenvalue weighted by Crippen LogP contribution is -2.48. The third-order valence-electron chi connectivity index (χ3n) is 5.28. The molecule has 116 valence electrons. The number of carbonyl (C=O) groups excluding carboxylic acids is 1. The highest BCUT2D eigenvalue weighted by molar-refractivity contribution is 7.10. The van der Waals surface area contributed by atoms with Crippen LogP contribution in [0.4, 0.5) is 0 Å². The quantitative estimate of drug-likeness (QED) is 0.919. The van der Waals surface area contributed by atoms with Gasteiger partial charge in [0, 0.05) is 23.4 Å². The Labute approximate surface area is 131 Å². The number of nitrogens with zero attached hydrogens (tertiary/aromatic N) is 1. The number of rotatable bonds is 4. The Hall–Kier alpha value is -0.870. The van der Waals surface area contributed by atoms with Crippen LogP contribution >= 0.6 is 11.3 Å². The monoisotopic (exact) mass is 306 g/mol. The van der Waals surface area contributed by atoms with Crippen molar-refractivity contribution in [3.05, 3.63) is 22.4 Å². The second kappa shape index (κ2) is 6.49. The van der Waals surface area contributed by atoms with Crippen molar-refractivity contribution in [3.63, 3.8) is 0 Å². The lowest BCUT2D eigenvalue weighted by molar-refractivity contribution is -0.134. The summed E-state index contributed by atoms with van der Waals surface area (Å²) in [4.78, 5) is 16.4. The molecular weight excluding hydrogens is 280 g/mol. The molecule has 3 rings (SSSR count). The van der Waals surface area contributed by atoms with Crippen LogP contribution in [0.15, 0.2) is 17.5 Å². The van der Waals surface area contributed by atoms with Crippen LogP contribution in [0.1, 0.15) is 62.3 Å². The summed E-state index contributed by atoms with van der Waals surface area (Å²) in [6, 6.07) is 4.60. The summed E-state index contributed by atoms with van der Waals surface area (Å²) >= 11 is 1.78. The first kappa shape index (κ1) is 15.0. The Balaban J connectivity index is 1.69. The summed E-state index contributed by atoms with van der Waals surface area (Å²) in [6.45, 7) is 0.932. The molecule has 0 bridgehead atoms. The number of amides is 1. The smallest absolute Gasteiger partial charge is 0.224 e. The molecule has 0 spiro atoms. The van der Waals surface area contributed by atoms with Crippen LogP contribution < -0.4 is 5.32 Å². The van der Waals surface area contributed by atoms with E-state index in [4.69, 9.17) is 0 Å². The summed E-state index contributed by atoms with van der Waals surface area (Å²) in [5.41, 5.74) is 0.0535. The first-order chi connectivity index (χ1) is 10.2. The summed E-state index contributed by atoms with van der Waals surface area (Å²) in [5, 5.41) is 5.59. The molecule has 1 aromatic heterocycles. The van der Waals surface area contributed by atoms with Crippen LogP contribution in [0.5, 0.6) is 0 Å². The maximum absolute atomic E-state index is 12.9. The van der Waals surface area contributed by atoms with E-state index in [-0.39, 0.29) is 5.54 Å². The number of nitrogens with one attached hydrogen (secondary N) is 1. The van der Waals surface area contributed by atoms with Gasteiger partial charge in [0.1, 0.15) is 0 Å². The zero-order valence-corrected chi connectivity index (χ0v) is 13.8. The normalized spacial score (nSPS) is 25.2. The fourth-order valence-electron chi connectivity index (χ4n) is 3.98. The molecule has 3 nitrogen and oxygen atoms in total. The molecule has 1 aliphatic carbocycles. The highest BCUT2D eigenvalue weighted by atomic mass is 32.1. The Morgan fingerprint density at radius 3 is 2.86 bits per heavy atom. The van der Waals surface area contributed by atoms with E-state index in [1.807, 2.05) is 7.05 Å². The summed E-state index contributed by atoms with van der Waals surface area (Å²) < 4.78 is 0. The van der Waals surface area contributed by atoms with E-state index in [0.717, 1.165) is 32.2 Å². The van der Waals surface area contributed by atoms with Crippen molar-refractivity contribution < 1.29 is 4.79 Å². The van der Waals surface area contributed by atoms with Crippen LogP contribution in [0.3, 0.4) is 0 Å². The van der Waals surface area contributed by atoms with Gasteiger partial charge in [0.25, 0.3) is 0 Å². The third kappa shape index (κ3) is 3.16. The van der Waals surface area contributed by atoms with Crippen LogP contribution in [0.25, 0.3) is 0 Å². The van der Waals surface area contributed by atoms with Crippen LogP contribution in [0.2, 0.25) is 0 Å². The number of likely N-dealkylation sites (tertiary alicyclic amines) is 1. The van der Waals surface area contributed by atoms with Gasteiger partial charge >= 0.3 is 0 Å². The first-order valence-electron chi connectivity index (χ1n) is 8.26. The van der Waals surface area contributed by atoms with Gasteiger partial charge in [-0.2, -0.15) is 0 Å². The third-order valence-corrected chi connectivity index (χ3v) is 6.25. The minimum Gasteiger partial charge on any atom is -0.335 e. The topological polar surface area (TPSA) is 32.3 Å². The van der Waals surface area contributed by atoms with E-state index < -0.39 is 0 Å². The molecule has 1 saturated heterocycles. The van der Waals surface area contributed by atoms with Crippen molar-refractivity contribution in [1.82, 2.24) is 10.2 Å². The van der Waals surface area contributed by atoms with Gasteiger partial charge in [-0.25, -0.2) is 0 Å². The van der Waals surface area contributed by atoms with Crippen molar-refractivity contribution in [2.45, 2.75) is 62.9 Å². The number of hydrogen-bond acceptors (Lipinski definition) is 3. The van der Waals surface area contributed by atoms with Gasteiger partial charge in [-0.1, -0.05) is 25.3 Å². The predicted molar refractivity (Wildman–Crippen MR) is 87.5 cm³/mol. The van der Waals surface area contributed by atoms with E-state index in [9.17, 15) is 4.79 Å². The van der Waals surface area contributed by atoms with Gasteiger partial charge in [0.15, 0.2) is 0 Å². The average Bonchev–Trinajstić information content (AvgIpc) is 3.18. The van der Waals surface area contributed by atoms with Gasteiger partial charge in [0.05, 0.1) is 6.04 Å². The molecule has 4 heteroatoms. The molecule has 1 saturated carbocycles. The van der Waals surface area contributed by atoms with Gasteiger partial charge in [-0.15, -0.1) is 11.3 Å². The molecule has 1 atom stereocenters. The highest BCUT2D eigenvalue weighted by Gasteiger charge is 2.37. The van der Waals surface area contributed by atoms with Crippen molar-refractivity contribution >= 4 is 17.2 Å². The number of hydrogen-bond donors (Lipinski definition) is 1. The first-order valence-corrected chi connectivity index (χ1v) is 9.14. The average molecular weight is 306 g/mol. The lowest BCUT2D eigenvalue weighted by Gasteiger charge is -2.38. The molecule has 0 radical (unpaired) electrons. The van der Waals surface area contributed by atoms with Crippen LogP contribution in [-0.4, -0.2) is 29.9 Å². The molecule has 2 aliphatic rings. The van der Waals surface area contributed by atoms with Crippen molar-refractivity contribution in [2.75, 3.05) is 13.6 Å². The fraction of sp³-hybridized carbons (Fsp3) is 0.706. The highest BCUT2D eigenvalue weighted by Crippen LogP contribution is 2.37. The molecule has 2 heterocycles. The predicted octanol–water partition coefficient (Wildman–Crippen LogP) is 3.72. The molecule has 2 fully saturated rings. The second-order valence-corrected chi connectivity index (χ2v) is 7.51. The maximum atomic E-state index is 12.9. The maximum Gasteiger partial charge on any atom is 0.224 e. The minimum atomic E-state index is 0.0535. The fourth-order valence-corrected chi connectivity index (χ4v) is 4.85. The van der Waals surface area contributed by atoms with Crippen molar-refractivity contribution in [2.24, 2.45) is 0 Å². The van der Waals surface area contributed by atoms with E-state index in [1.165, 1.54) is 24.1 Å². The van der Waals surface area contributed by atoms with Gasteiger partial charge in [-0.3, -0.25) is 4.79 Å². The van der Waals surface area contributed by atoms with E-state index in [0.29, 0.717) is 18.4 Å². The Morgan fingerprint density at radius 2 is 2.19 bits per heavy atom. The summed E-state index contributed by atoms with van der Waals surface area (Å²) in [5.74, 6) is 0.349. The van der Waals surface area contributed by atoms with Crippen molar-refractivity contribution in [3.8, 4) is 0 Å². The summed E-state index contributed by atoms with van der Waals surface area (Å²) in [6.07, 6.45) is 9.05. The minimum absolute atomic E-state index is 0.0535. The molecule has 1 amide bonds. The zero-order valence-electron chi connectivity index (χ0n) is 12.9. The Morgan fingerprint density at radius 1 is 1.38 bits per heavy atom. The van der Waals surface area contributed by atoms with Gasteiger partial charge in [-0.05, 0) is 44.2 Å². The molecule has 21 heavy (non-hydrogen) atoms. The molecule has 1 unspecified atom stereocenters. The largest absolute Gasteiger partial charge is 0.335 e. The molecule has 1 aromatic rings. The zero-order chi connectivity index (χ0) is 14.7. The van der Waals surface area contributed by atoms with Gasteiger partial charge < -0.3 is 10.2 Å². The van der Waals surface area contributed by atoms with E-state index >= 15 is 0 Å². The number of carbonyl (C=O) groups is 1. The van der Waals surface area contributed by atoms with Crippen LogP contribution in [0, 0.1) is 0 Å². The Kier molecular flexibility index (Phi) is 4.65. The lowest BCUT2D eigenvalue weighted by atomic mass is 9.79. The summed E-state index contributed by atoms with van der Waals surface area (Å²) in [7, 11) is 2.03. The molecule has 1 aliphatic heterocycles. The molecule has 1 N–H and O–H groups in total. The number of thiophene rings is 1. The SMILES string of the molecule is CNC1(CC(=O)N2CCCC2c2cccs2)CCCCC1. The molecule has 0 aromatic carbocycles. The van der Waals surface area contributed by atoms with Crippen LogP contribution in [-0.2, 0) is 4.79 Å². The van der Waals surface area contributed by atoms with Crippen molar-refractivity contribution in [1.29, 1.82) is 0 Å². The second-order valence-electron chi connectivity index (χ2n) is 6.53. The standard InChI is InChI=1S/C17H26N2OS/c1-18-17(9-3-2-4-10-17)13-16(20)19-11-5-7-14(19)15-8-6-12-21-15/h6,8,12,14,18H,2-5,7,9-11,13H2,1H3.